The fourth-order valence-corrected chi connectivity index (χ4v) is 4.37. The Kier molecular flexibility index (Phi) is 7.33. The Bertz CT molecular complexity index is 1430. The molecule has 0 bridgehead atoms. The molecule has 1 fully saturated rings. The van der Waals surface area contributed by atoms with Crippen LogP contribution in [0.15, 0.2) is 60.8 Å². The van der Waals surface area contributed by atoms with Gasteiger partial charge in [-0.1, -0.05) is 24.3 Å². The Hall–Kier alpha value is -4.35. The molecule has 37 heavy (non-hydrogen) atoms. The van der Waals surface area contributed by atoms with Crippen LogP contribution in [0.2, 0.25) is 0 Å². The van der Waals surface area contributed by atoms with Gasteiger partial charge in [-0.3, -0.25) is 4.98 Å². The van der Waals surface area contributed by atoms with Gasteiger partial charge in [0.15, 0.2) is 11.5 Å². The summed E-state index contributed by atoms with van der Waals surface area (Å²) in [6, 6.07) is 19.8. The van der Waals surface area contributed by atoms with Crippen LogP contribution >= 0.6 is 0 Å². The zero-order valence-corrected chi connectivity index (χ0v) is 20.9. The smallest absolute Gasteiger partial charge is 0.161 e. The number of fused-ring (bicyclic) bond motifs is 1. The highest BCUT2D eigenvalue weighted by Crippen LogP contribution is 2.31. The fraction of sp³-hybridized carbons (Fsp3) is 0.276. The molecule has 1 aliphatic rings. The van der Waals surface area contributed by atoms with Gasteiger partial charge in [0.25, 0.3) is 0 Å². The SMILES string of the molecule is COc1ccc(COc2ccc(Cc3ccc4ncc(N5CCOCC5)nc4c3C#N)cc2OC)cc1. The van der Waals surface area contributed by atoms with Gasteiger partial charge in [0.1, 0.15) is 29.8 Å². The number of ether oxygens (including phenoxy) is 4. The Morgan fingerprint density at radius 2 is 1.73 bits per heavy atom. The fourth-order valence-electron chi connectivity index (χ4n) is 4.37. The van der Waals surface area contributed by atoms with Crippen molar-refractivity contribution in [2.24, 2.45) is 0 Å². The predicted molar refractivity (Wildman–Crippen MR) is 140 cm³/mol. The summed E-state index contributed by atoms with van der Waals surface area (Å²) in [6.07, 6.45) is 2.32. The van der Waals surface area contributed by atoms with E-state index in [0.29, 0.717) is 54.3 Å². The maximum absolute atomic E-state index is 10.0. The molecule has 2 heterocycles. The maximum atomic E-state index is 10.0. The third-order valence-electron chi connectivity index (χ3n) is 6.41. The Morgan fingerprint density at radius 1 is 0.946 bits per heavy atom. The van der Waals surface area contributed by atoms with E-state index in [-0.39, 0.29) is 0 Å². The van der Waals surface area contributed by atoms with Crippen LogP contribution in [0, 0.1) is 11.3 Å². The van der Waals surface area contributed by atoms with Crippen molar-refractivity contribution in [1.29, 1.82) is 5.26 Å². The molecule has 0 saturated carbocycles. The molecule has 188 valence electrons. The molecule has 0 spiro atoms. The molecular formula is C29H28N4O4. The van der Waals surface area contributed by atoms with Crippen molar-refractivity contribution in [2.45, 2.75) is 13.0 Å². The summed E-state index contributed by atoms with van der Waals surface area (Å²) in [5.74, 6) is 2.87. The molecule has 1 aromatic heterocycles. The van der Waals surface area contributed by atoms with E-state index in [1.807, 2.05) is 54.6 Å². The number of rotatable bonds is 8. The standard InChI is InChI=1S/C29H28N4O4/c1-34-23-7-3-20(4-8-23)19-37-26-10-5-21(16-27(26)35-2)15-22-6-9-25-29(24(22)17-30)32-28(18-31-25)33-11-13-36-14-12-33/h3-10,16,18H,11-15,19H2,1-2H3. The summed E-state index contributed by atoms with van der Waals surface area (Å²) < 4.78 is 22.3. The van der Waals surface area contributed by atoms with Gasteiger partial charge >= 0.3 is 0 Å². The Morgan fingerprint density at radius 3 is 2.46 bits per heavy atom. The zero-order chi connectivity index (χ0) is 25.6. The van der Waals surface area contributed by atoms with Gasteiger partial charge in [-0.25, -0.2) is 4.98 Å². The third-order valence-corrected chi connectivity index (χ3v) is 6.41. The van der Waals surface area contributed by atoms with Gasteiger partial charge in [-0.15, -0.1) is 0 Å². The van der Waals surface area contributed by atoms with E-state index < -0.39 is 0 Å². The van der Waals surface area contributed by atoms with E-state index in [1.165, 1.54) is 0 Å². The first-order chi connectivity index (χ1) is 18.2. The zero-order valence-electron chi connectivity index (χ0n) is 20.9. The lowest BCUT2D eigenvalue weighted by molar-refractivity contribution is 0.122. The average molecular weight is 497 g/mol. The highest BCUT2D eigenvalue weighted by atomic mass is 16.5. The number of anilines is 1. The second-order valence-electron chi connectivity index (χ2n) is 8.71. The molecule has 4 aromatic rings. The van der Waals surface area contributed by atoms with Crippen LogP contribution in [0.1, 0.15) is 22.3 Å². The number of aromatic nitrogens is 2. The minimum absolute atomic E-state index is 0.410. The van der Waals surface area contributed by atoms with Crippen molar-refractivity contribution < 1.29 is 18.9 Å². The van der Waals surface area contributed by atoms with Crippen LogP contribution < -0.4 is 19.1 Å². The van der Waals surface area contributed by atoms with Crippen LogP contribution in [0.5, 0.6) is 17.2 Å². The molecule has 0 atom stereocenters. The monoisotopic (exact) mass is 496 g/mol. The van der Waals surface area contributed by atoms with E-state index in [0.717, 1.165) is 41.3 Å². The number of methoxy groups -OCH3 is 2. The minimum Gasteiger partial charge on any atom is -0.497 e. The molecule has 0 radical (unpaired) electrons. The summed E-state index contributed by atoms with van der Waals surface area (Å²) in [6.45, 7) is 3.25. The summed E-state index contributed by atoms with van der Waals surface area (Å²) in [4.78, 5) is 11.5. The topological polar surface area (TPSA) is 89.7 Å². The van der Waals surface area contributed by atoms with Crippen molar-refractivity contribution in [2.75, 3.05) is 45.4 Å². The maximum Gasteiger partial charge on any atom is 0.161 e. The van der Waals surface area contributed by atoms with Gasteiger partial charge in [-0.05, 0) is 53.4 Å². The summed E-state index contributed by atoms with van der Waals surface area (Å²) in [7, 11) is 3.27. The number of nitrogens with zero attached hydrogens (tertiary/aromatic N) is 4. The molecular weight excluding hydrogens is 468 g/mol. The number of benzene rings is 3. The largest absolute Gasteiger partial charge is 0.497 e. The van der Waals surface area contributed by atoms with Crippen molar-refractivity contribution >= 4 is 16.9 Å². The molecule has 0 N–H and O–H groups in total. The lowest BCUT2D eigenvalue weighted by Crippen LogP contribution is -2.36. The van der Waals surface area contributed by atoms with Crippen LogP contribution in [-0.2, 0) is 17.8 Å². The molecule has 0 amide bonds. The third kappa shape index (κ3) is 5.42. The van der Waals surface area contributed by atoms with Gasteiger partial charge < -0.3 is 23.8 Å². The lowest BCUT2D eigenvalue weighted by Gasteiger charge is -2.27. The second-order valence-corrected chi connectivity index (χ2v) is 8.71. The van der Waals surface area contributed by atoms with Crippen molar-refractivity contribution in [3.8, 4) is 23.3 Å². The van der Waals surface area contributed by atoms with Gasteiger partial charge in [0.2, 0.25) is 0 Å². The van der Waals surface area contributed by atoms with E-state index in [4.69, 9.17) is 23.9 Å². The first-order valence-electron chi connectivity index (χ1n) is 12.1. The van der Waals surface area contributed by atoms with Crippen molar-refractivity contribution in [3.05, 3.63) is 83.0 Å². The van der Waals surface area contributed by atoms with Gasteiger partial charge in [0, 0.05) is 13.1 Å². The van der Waals surface area contributed by atoms with E-state index in [1.54, 1.807) is 20.4 Å². The van der Waals surface area contributed by atoms with E-state index >= 15 is 0 Å². The number of hydrogen-bond acceptors (Lipinski definition) is 8. The van der Waals surface area contributed by atoms with E-state index in [9.17, 15) is 5.26 Å². The van der Waals surface area contributed by atoms with Crippen LogP contribution in [0.4, 0.5) is 5.82 Å². The van der Waals surface area contributed by atoms with E-state index in [2.05, 4.69) is 16.0 Å². The highest BCUT2D eigenvalue weighted by Gasteiger charge is 2.17. The molecule has 8 heteroatoms. The molecule has 1 saturated heterocycles. The van der Waals surface area contributed by atoms with Crippen LogP contribution in [0.3, 0.4) is 0 Å². The number of nitriles is 1. The number of morpholine rings is 1. The summed E-state index contributed by atoms with van der Waals surface area (Å²) >= 11 is 0. The second kappa shape index (κ2) is 11.1. The van der Waals surface area contributed by atoms with Crippen molar-refractivity contribution in [3.63, 3.8) is 0 Å². The first-order valence-corrected chi connectivity index (χ1v) is 12.1. The average Bonchev–Trinajstić information content (AvgIpc) is 2.96. The quantitative estimate of drug-likeness (QED) is 0.352. The Labute approximate surface area is 216 Å². The molecule has 8 nitrogen and oxygen atoms in total. The molecule has 0 unspecified atom stereocenters. The molecule has 5 rings (SSSR count). The lowest BCUT2D eigenvalue weighted by atomic mass is 9.98. The van der Waals surface area contributed by atoms with Gasteiger partial charge in [-0.2, -0.15) is 5.26 Å². The normalized spacial score (nSPS) is 13.3. The highest BCUT2D eigenvalue weighted by molar-refractivity contribution is 5.83. The first kappa shape index (κ1) is 24.3. The molecule has 3 aromatic carbocycles. The summed E-state index contributed by atoms with van der Waals surface area (Å²) in [5.41, 5.74) is 4.78. The van der Waals surface area contributed by atoms with Gasteiger partial charge in [0.05, 0.1) is 44.7 Å². The Balaban J connectivity index is 1.37. The summed E-state index contributed by atoms with van der Waals surface area (Å²) in [5, 5.41) is 10.0. The van der Waals surface area contributed by atoms with Crippen LogP contribution in [0.25, 0.3) is 11.0 Å². The molecule has 0 aliphatic carbocycles. The minimum atomic E-state index is 0.410. The van der Waals surface area contributed by atoms with Crippen LogP contribution in [-0.4, -0.2) is 50.5 Å². The number of hydrogen-bond donors (Lipinski definition) is 0. The molecule has 1 aliphatic heterocycles. The predicted octanol–water partition coefficient (Wildman–Crippen LogP) is 4.53. The van der Waals surface area contributed by atoms with Crippen molar-refractivity contribution in [1.82, 2.24) is 9.97 Å².